The van der Waals surface area contributed by atoms with E-state index in [1.807, 2.05) is 21.1 Å². The summed E-state index contributed by atoms with van der Waals surface area (Å²) in [5.41, 5.74) is 0. The molecule has 0 saturated heterocycles. The van der Waals surface area contributed by atoms with Crippen LogP contribution in [0.25, 0.3) is 0 Å². The first-order valence-electron chi connectivity index (χ1n) is 7.37. The fourth-order valence-corrected chi connectivity index (χ4v) is 3.92. The minimum atomic E-state index is -5.41. The molecule has 1 heterocycles. The van der Waals surface area contributed by atoms with Crippen LogP contribution in [0.4, 0.5) is 0 Å². The Balaban J connectivity index is 0.000000541. The fraction of sp³-hybridized carbons (Fsp3) is 0.667. The van der Waals surface area contributed by atoms with E-state index in [0.717, 1.165) is 10.9 Å². The lowest BCUT2D eigenvalue weighted by atomic mass is 10.2. The number of rotatable bonds is 8. The number of nitrogens with zero attached hydrogens (tertiary/aromatic N) is 3. The van der Waals surface area contributed by atoms with E-state index in [2.05, 4.69) is 4.98 Å². The van der Waals surface area contributed by atoms with Gasteiger partial charge in [0.05, 0.1) is 34.0 Å². The minimum absolute atomic E-state index is 0.282. The second-order valence-electron chi connectivity index (χ2n) is 6.80. The molecule has 0 aromatic carbocycles. The zero-order chi connectivity index (χ0) is 21.7. The van der Waals surface area contributed by atoms with Crippen molar-refractivity contribution < 1.29 is 53.3 Å². The minimum Gasteiger partial charge on any atom is -0.550 e. The number of aliphatic hydroxyl groups excluding tert-OH is 1. The number of hydrogen-bond donors (Lipinski definition) is 6. The average Bonchev–Trinajstić information content (AvgIpc) is 2.85. The zero-order valence-electron chi connectivity index (χ0n) is 15.0. The molecule has 6 N–H and O–H groups in total. The highest BCUT2D eigenvalue weighted by molar-refractivity contribution is 7.72. The topological polar surface area (TPSA) is 213 Å². The lowest BCUT2D eigenvalue weighted by Crippen LogP contribution is -2.43. The Kier molecular flexibility index (Phi) is 8.98. The molecule has 0 fully saturated rings. The van der Waals surface area contributed by atoms with E-state index >= 15 is 0 Å². The molecule has 0 saturated carbocycles. The fourth-order valence-electron chi connectivity index (χ4n) is 1.87. The summed E-state index contributed by atoms with van der Waals surface area (Å²) >= 11 is 0. The van der Waals surface area contributed by atoms with E-state index in [4.69, 9.17) is 24.7 Å². The molecular formula is C12H25N3O10P2. The van der Waals surface area contributed by atoms with Crippen LogP contribution in [0, 0.1) is 0 Å². The Bertz CT molecular complexity index is 669. The van der Waals surface area contributed by atoms with Crippen LogP contribution in [0.1, 0.15) is 6.42 Å². The number of imidazole rings is 1. The van der Waals surface area contributed by atoms with Crippen LogP contribution >= 0.6 is 15.2 Å². The molecule has 1 aromatic heterocycles. The molecule has 0 amide bonds. The third kappa shape index (κ3) is 9.06. The van der Waals surface area contributed by atoms with E-state index < -0.39 is 38.9 Å². The summed E-state index contributed by atoms with van der Waals surface area (Å²) in [7, 11) is -5.15. The molecule has 0 bridgehead atoms. The Morgan fingerprint density at radius 1 is 1.22 bits per heavy atom. The van der Waals surface area contributed by atoms with Crippen molar-refractivity contribution in [1.29, 1.82) is 0 Å². The lowest BCUT2D eigenvalue weighted by molar-refractivity contribution is -0.873. The third-order valence-electron chi connectivity index (χ3n) is 3.05. The van der Waals surface area contributed by atoms with E-state index in [-0.39, 0.29) is 6.42 Å². The van der Waals surface area contributed by atoms with E-state index in [0.29, 0.717) is 11.0 Å². The number of carbonyl (C=O) groups is 1. The molecule has 0 radical (unpaired) electrons. The van der Waals surface area contributed by atoms with Crippen LogP contribution < -0.4 is 5.11 Å². The highest BCUT2D eigenvalue weighted by Gasteiger charge is 2.59. The monoisotopic (exact) mass is 433 g/mol. The second kappa shape index (κ2) is 9.37. The number of carboxylic acid groups (broad SMARTS) is 1. The van der Waals surface area contributed by atoms with E-state index in [1.54, 1.807) is 0 Å². The number of likely N-dealkylation sites (N-methyl/N-ethyl adjacent to an activating group) is 1. The molecule has 0 aliphatic rings. The summed E-state index contributed by atoms with van der Waals surface area (Å²) < 4.78 is 23.4. The van der Waals surface area contributed by atoms with Gasteiger partial charge in [-0.1, -0.05) is 0 Å². The summed E-state index contributed by atoms with van der Waals surface area (Å²) in [4.78, 5) is 48.8. The van der Waals surface area contributed by atoms with Crippen molar-refractivity contribution in [2.24, 2.45) is 0 Å². The van der Waals surface area contributed by atoms with Crippen LogP contribution in [-0.4, -0.2) is 88.7 Å². The van der Waals surface area contributed by atoms with Gasteiger partial charge in [0.15, 0.2) is 0 Å². The molecule has 158 valence electrons. The lowest BCUT2D eigenvalue weighted by Gasteiger charge is -2.29. The molecule has 27 heavy (non-hydrogen) atoms. The summed E-state index contributed by atoms with van der Waals surface area (Å²) in [5, 5.41) is 25.2. The molecule has 15 heteroatoms. The van der Waals surface area contributed by atoms with Gasteiger partial charge in [0, 0.05) is 24.8 Å². The molecule has 1 rings (SSSR count). The highest BCUT2D eigenvalue weighted by Crippen LogP contribution is 2.67. The van der Waals surface area contributed by atoms with Crippen LogP contribution in [0.15, 0.2) is 18.7 Å². The third-order valence-corrected chi connectivity index (χ3v) is 6.76. The van der Waals surface area contributed by atoms with Crippen molar-refractivity contribution in [3.05, 3.63) is 18.7 Å². The van der Waals surface area contributed by atoms with E-state index in [9.17, 15) is 24.1 Å². The van der Waals surface area contributed by atoms with Crippen LogP contribution in [0.2, 0.25) is 0 Å². The number of quaternary nitrogens is 1. The summed E-state index contributed by atoms with van der Waals surface area (Å²) in [6.07, 6.45) is 2.42. The van der Waals surface area contributed by atoms with Gasteiger partial charge in [-0.3, -0.25) is 9.13 Å². The summed E-state index contributed by atoms with van der Waals surface area (Å²) in [5.74, 6) is -1.20. The maximum atomic E-state index is 10.9. The first-order chi connectivity index (χ1) is 11.9. The largest absolute Gasteiger partial charge is 0.550 e. The van der Waals surface area contributed by atoms with Crippen molar-refractivity contribution >= 4 is 21.2 Å². The SMILES string of the molecule is C[N+](C)(C)C[C@H](O)CC(=O)[O-].O=P(O)(O)C(O)(Cn1ccnc1)P(=O)(O)O. The first kappa shape index (κ1) is 25.9. The quantitative estimate of drug-likeness (QED) is 0.180. The molecule has 0 spiro atoms. The number of aromatic nitrogens is 2. The van der Waals surface area contributed by atoms with Crippen molar-refractivity contribution in [3.63, 3.8) is 0 Å². The average molecular weight is 433 g/mol. The molecule has 1 aromatic rings. The summed E-state index contributed by atoms with van der Waals surface area (Å²) in [6.45, 7) is -0.532. The number of aliphatic hydroxyl groups is 2. The molecular weight excluding hydrogens is 408 g/mol. The van der Waals surface area contributed by atoms with Gasteiger partial charge >= 0.3 is 15.2 Å². The second-order valence-corrected chi connectivity index (χ2v) is 10.8. The van der Waals surface area contributed by atoms with Gasteiger partial charge in [0.1, 0.15) is 12.6 Å². The Morgan fingerprint density at radius 2 is 1.70 bits per heavy atom. The Labute approximate surface area is 155 Å². The number of carbonyl (C=O) groups excluding carboxylic acids is 1. The van der Waals surface area contributed by atoms with Crippen LogP contribution in [0.5, 0.6) is 0 Å². The standard InChI is InChI=1S/C7H15NO3.C5H10N2O7P2/c1-8(2,3)5-6(9)4-7(10)11;8-5(15(9,10)11,16(12,13)14)3-7-2-1-6-4-7/h6,9H,4-5H2,1-3H3;1-2,4,8H,3H2,(H2,9,10,11)(H2,12,13,14)/t6-;/m1./s1. The number of aliphatic carboxylic acids is 1. The predicted molar refractivity (Wildman–Crippen MR) is 89.8 cm³/mol. The normalized spacial score (nSPS) is 14.3. The molecule has 0 aliphatic heterocycles. The molecule has 1 atom stereocenters. The van der Waals surface area contributed by atoms with Gasteiger partial charge in [-0.05, 0) is 0 Å². The van der Waals surface area contributed by atoms with Gasteiger partial charge < -0.3 is 48.7 Å². The molecule has 0 unspecified atom stereocenters. The maximum absolute atomic E-state index is 10.9. The van der Waals surface area contributed by atoms with Crippen molar-refractivity contribution in [2.45, 2.75) is 24.2 Å². The smallest absolute Gasteiger partial charge is 0.371 e. The predicted octanol–water partition coefficient (Wildman–Crippen LogP) is -2.92. The maximum Gasteiger partial charge on any atom is 0.371 e. The van der Waals surface area contributed by atoms with Gasteiger partial charge in [-0.15, -0.1) is 0 Å². The molecule has 13 nitrogen and oxygen atoms in total. The zero-order valence-corrected chi connectivity index (χ0v) is 16.8. The van der Waals surface area contributed by atoms with Crippen molar-refractivity contribution in [1.82, 2.24) is 9.55 Å². The van der Waals surface area contributed by atoms with Crippen molar-refractivity contribution in [2.75, 3.05) is 27.7 Å². The molecule has 0 aliphatic carbocycles. The van der Waals surface area contributed by atoms with Crippen molar-refractivity contribution in [3.8, 4) is 0 Å². The van der Waals surface area contributed by atoms with Gasteiger partial charge in [0.2, 0.25) is 0 Å². The highest BCUT2D eigenvalue weighted by atomic mass is 31.2. The Morgan fingerprint density at radius 3 is 2.00 bits per heavy atom. The number of carboxylic acids is 1. The Hall–Kier alpha value is -1.14. The van der Waals surface area contributed by atoms with Crippen LogP contribution in [0.3, 0.4) is 0 Å². The number of hydrogen-bond acceptors (Lipinski definition) is 7. The summed E-state index contributed by atoms with van der Waals surface area (Å²) in [6, 6.07) is 0. The van der Waals surface area contributed by atoms with E-state index in [1.165, 1.54) is 12.4 Å². The van der Waals surface area contributed by atoms with Gasteiger partial charge in [-0.25, -0.2) is 4.98 Å². The van der Waals surface area contributed by atoms with Crippen LogP contribution in [-0.2, 0) is 20.5 Å². The first-order valence-corrected chi connectivity index (χ1v) is 10.6. The van der Waals surface area contributed by atoms with Gasteiger partial charge in [0.25, 0.3) is 5.08 Å². The van der Waals surface area contributed by atoms with Gasteiger partial charge in [-0.2, -0.15) is 0 Å².